The summed E-state index contributed by atoms with van der Waals surface area (Å²) in [6.45, 7) is 5.55. The van der Waals surface area contributed by atoms with Crippen LogP contribution >= 0.6 is 11.3 Å². The van der Waals surface area contributed by atoms with Crippen LogP contribution < -0.4 is 0 Å². The summed E-state index contributed by atoms with van der Waals surface area (Å²) in [5, 5.41) is 0.712. The van der Waals surface area contributed by atoms with E-state index in [4.69, 9.17) is 0 Å². The fourth-order valence-electron chi connectivity index (χ4n) is 1.51. The van der Waals surface area contributed by atoms with Crippen LogP contribution in [-0.4, -0.2) is 20.5 Å². The number of thiazole rings is 1. The zero-order valence-electron chi connectivity index (χ0n) is 12.4. The molecule has 0 aliphatic carbocycles. The first kappa shape index (κ1) is 17.1. The summed E-state index contributed by atoms with van der Waals surface area (Å²) in [4.78, 5) is 5.01. The van der Waals surface area contributed by atoms with Crippen molar-refractivity contribution >= 4 is 28.9 Å². The fraction of sp³-hybridized carbons (Fsp3) is 0.333. The summed E-state index contributed by atoms with van der Waals surface area (Å²) in [6.07, 6.45) is 0.695. The van der Waals surface area contributed by atoms with E-state index in [1.807, 2.05) is 20.8 Å². The second-order valence-electron chi connectivity index (χ2n) is 5.59. The smallest absolute Gasteiger partial charge is 0.263 e. The van der Waals surface area contributed by atoms with E-state index in [2.05, 4.69) is 9.38 Å². The molecule has 1 aromatic carbocycles. The van der Waals surface area contributed by atoms with Gasteiger partial charge < -0.3 is 4.55 Å². The van der Waals surface area contributed by atoms with Crippen LogP contribution in [0.25, 0.3) is 10.6 Å². The molecule has 0 radical (unpaired) electrons. The standard InChI is InChI=1S/C15H16F2N2OS2/c1-15(2,3)22(20)19-9-12-8-18-14(21-12)11-6-4-10(5-7-11)13(16)17/h4-9,13H,1-3H3/t22-/m1/s1. The zero-order chi connectivity index (χ0) is 16.3. The number of alkyl halides is 2. The van der Waals surface area contributed by atoms with Crippen molar-refractivity contribution in [1.29, 1.82) is 0 Å². The summed E-state index contributed by atoms with van der Waals surface area (Å²) in [7, 11) is 0. The Hall–Kier alpha value is -1.31. The molecule has 2 rings (SSSR count). The fourth-order valence-corrected chi connectivity index (χ4v) is 2.89. The zero-order valence-corrected chi connectivity index (χ0v) is 14.0. The Bertz CT molecular complexity index is 648. The third kappa shape index (κ3) is 4.34. The summed E-state index contributed by atoms with van der Waals surface area (Å²) < 4.78 is 40.5. The van der Waals surface area contributed by atoms with Crippen LogP contribution in [-0.2, 0) is 11.4 Å². The maximum absolute atomic E-state index is 12.5. The van der Waals surface area contributed by atoms with Crippen molar-refractivity contribution in [1.82, 2.24) is 4.98 Å². The molecule has 0 aliphatic heterocycles. The maximum Gasteiger partial charge on any atom is 0.263 e. The largest absolute Gasteiger partial charge is 0.591 e. The van der Waals surface area contributed by atoms with Gasteiger partial charge in [-0.2, -0.15) is 0 Å². The van der Waals surface area contributed by atoms with Gasteiger partial charge in [-0.15, -0.1) is 11.3 Å². The Morgan fingerprint density at radius 3 is 2.45 bits per heavy atom. The van der Waals surface area contributed by atoms with Crippen LogP contribution in [0.5, 0.6) is 0 Å². The molecule has 0 saturated heterocycles. The van der Waals surface area contributed by atoms with Crippen molar-refractivity contribution in [2.75, 3.05) is 0 Å². The van der Waals surface area contributed by atoms with Crippen molar-refractivity contribution in [3.63, 3.8) is 0 Å². The monoisotopic (exact) mass is 342 g/mol. The van der Waals surface area contributed by atoms with Gasteiger partial charge in [-0.1, -0.05) is 28.7 Å². The molecule has 118 valence electrons. The van der Waals surface area contributed by atoms with E-state index in [0.29, 0.717) is 5.01 Å². The molecule has 0 spiro atoms. The highest BCUT2D eigenvalue weighted by Crippen LogP contribution is 2.27. The van der Waals surface area contributed by atoms with Crippen LogP contribution in [0.15, 0.2) is 34.9 Å². The molecular weight excluding hydrogens is 326 g/mol. The first-order valence-electron chi connectivity index (χ1n) is 6.58. The molecule has 1 atom stereocenters. The molecular formula is C15H16F2N2OS2. The lowest BCUT2D eigenvalue weighted by atomic mass is 10.1. The molecule has 0 amide bonds. The normalized spacial score (nSPS) is 14.0. The van der Waals surface area contributed by atoms with Gasteiger partial charge in [-0.05, 0) is 20.8 Å². The van der Waals surface area contributed by atoms with E-state index in [9.17, 15) is 13.3 Å². The van der Waals surface area contributed by atoms with Gasteiger partial charge in [0.15, 0.2) is 0 Å². The van der Waals surface area contributed by atoms with Crippen molar-refractivity contribution < 1.29 is 13.3 Å². The van der Waals surface area contributed by atoms with Gasteiger partial charge >= 0.3 is 0 Å². The lowest BCUT2D eigenvalue weighted by Crippen LogP contribution is -2.25. The number of halogens is 2. The van der Waals surface area contributed by atoms with Gasteiger partial charge in [0.25, 0.3) is 6.43 Å². The lowest BCUT2D eigenvalue weighted by molar-refractivity contribution is 0.151. The topological polar surface area (TPSA) is 48.3 Å². The van der Waals surface area contributed by atoms with Crippen LogP contribution in [0.1, 0.15) is 37.6 Å². The summed E-state index contributed by atoms with van der Waals surface area (Å²) in [5.41, 5.74) is 0.758. The maximum atomic E-state index is 12.5. The molecule has 0 bridgehead atoms. The number of hydrogen-bond acceptors (Lipinski definition) is 4. The van der Waals surface area contributed by atoms with Crippen LogP contribution in [0.4, 0.5) is 8.78 Å². The van der Waals surface area contributed by atoms with Gasteiger partial charge in [0.1, 0.15) is 21.1 Å². The van der Waals surface area contributed by atoms with Gasteiger partial charge in [-0.3, -0.25) is 0 Å². The van der Waals surface area contributed by atoms with Crippen molar-refractivity contribution in [2.24, 2.45) is 4.40 Å². The van der Waals surface area contributed by atoms with Crippen LogP contribution in [0.3, 0.4) is 0 Å². The van der Waals surface area contributed by atoms with E-state index in [1.54, 1.807) is 18.3 Å². The minimum atomic E-state index is -2.47. The predicted octanol–water partition coefficient (Wildman–Crippen LogP) is 4.63. The Balaban J connectivity index is 2.13. The van der Waals surface area contributed by atoms with E-state index in [1.165, 1.54) is 29.7 Å². The van der Waals surface area contributed by atoms with Gasteiger partial charge in [0, 0.05) is 17.3 Å². The molecule has 0 fully saturated rings. The molecule has 1 aromatic heterocycles. The Morgan fingerprint density at radius 1 is 1.27 bits per heavy atom. The highest BCUT2D eigenvalue weighted by molar-refractivity contribution is 7.91. The number of hydrogen-bond donors (Lipinski definition) is 0. The minimum absolute atomic E-state index is 0.0114. The Morgan fingerprint density at radius 2 is 1.91 bits per heavy atom. The third-order valence-corrected chi connectivity index (χ3v) is 5.06. The second kappa shape index (κ2) is 6.85. The molecule has 1 heterocycles. The van der Waals surface area contributed by atoms with Gasteiger partial charge in [0.2, 0.25) is 0 Å². The summed E-state index contributed by atoms with van der Waals surface area (Å²) >= 11 is 0.0541. The molecule has 7 heteroatoms. The minimum Gasteiger partial charge on any atom is -0.591 e. The van der Waals surface area contributed by atoms with E-state index < -0.39 is 22.5 Å². The lowest BCUT2D eigenvalue weighted by Gasteiger charge is -2.17. The van der Waals surface area contributed by atoms with Crippen molar-refractivity contribution in [3.8, 4) is 10.6 Å². The highest BCUT2D eigenvalue weighted by Gasteiger charge is 2.25. The Labute approximate surface area is 135 Å². The molecule has 0 N–H and O–H groups in total. The number of nitrogens with zero attached hydrogens (tertiary/aromatic N) is 2. The summed E-state index contributed by atoms with van der Waals surface area (Å²) in [6, 6.07) is 6.02. The van der Waals surface area contributed by atoms with Gasteiger partial charge in [-0.25, -0.2) is 13.8 Å². The predicted molar refractivity (Wildman–Crippen MR) is 88.0 cm³/mol. The second-order valence-corrected chi connectivity index (χ2v) is 8.58. The van der Waals surface area contributed by atoms with Crippen LogP contribution in [0.2, 0.25) is 0 Å². The highest BCUT2D eigenvalue weighted by atomic mass is 32.2. The number of rotatable bonds is 4. The van der Waals surface area contributed by atoms with Crippen molar-refractivity contribution in [3.05, 3.63) is 40.9 Å². The average Bonchev–Trinajstić information content (AvgIpc) is 2.92. The first-order chi connectivity index (χ1) is 10.3. The van der Waals surface area contributed by atoms with E-state index in [0.717, 1.165) is 10.4 Å². The van der Waals surface area contributed by atoms with E-state index in [-0.39, 0.29) is 5.56 Å². The molecule has 0 unspecified atom stereocenters. The first-order valence-corrected chi connectivity index (χ1v) is 8.50. The number of aromatic nitrogens is 1. The molecule has 0 saturated carbocycles. The van der Waals surface area contributed by atoms with Crippen molar-refractivity contribution in [2.45, 2.75) is 31.9 Å². The Kier molecular flexibility index (Phi) is 5.31. The molecule has 2 aromatic rings. The van der Waals surface area contributed by atoms with Gasteiger partial charge in [0.05, 0.1) is 11.1 Å². The van der Waals surface area contributed by atoms with Crippen LogP contribution in [0, 0.1) is 0 Å². The summed E-state index contributed by atoms with van der Waals surface area (Å²) in [5.74, 6) is 0. The SMILES string of the molecule is CC(C)(C)[S@@+]([O-])N=Cc1cnc(-c2ccc(C(F)F)cc2)s1. The quantitative estimate of drug-likeness (QED) is 0.601. The van der Waals surface area contributed by atoms with E-state index >= 15 is 0 Å². The molecule has 0 aliphatic rings. The number of benzene rings is 1. The average molecular weight is 342 g/mol. The third-order valence-electron chi connectivity index (χ3n) is 2.73. The molecule has 22 heavy (non-hydrogen) atoms. The molecule has 3 nitrogen and oxygen atoms in total.